The molecule has 1 saturated heterocycles. The van der Waals surface area contributed by atoms with Crippen LogP contribution in [-0.2, 0) is 11.2 Å². The normalized spacial score (nSPS) is 24.6. The van der Waals surface area contributed by atoms with Crippen LogP contribution >= 0.6 is 34.3 Å². The number of aromatic nitrogens is 1. The summed E-state index contributed by atoms with van der Waals surface area (Å²) < 4.78 is 6.10. The van der Waals surface area contributed by atoms with E-state index in [2.05, 4.69) is 29.2 Å². The molecule has 4 heterocycles. The Bertz CT molecular complexity index is 930. The zero-order chi connectivity index (χ0) is 20.7. The molecule has 0 saturated carbocycles. The molecule has 1 fully saturated rings. The molecule has 2 amide bonds. The second-order valence-corrected chi connectivity index (χ2v) is 10.2. The molecule has 10 heteroatoms. The van der Waals surface area contributed by atoms with Gasteiger partial charge in [-0.1, -0.05) is 11.6 Å². The topological polar surface area (TPSA) is 74.8 Å². The van der Waals surface area contributed by atoms with E-state index in [1.165, 1.54) is 27.6 Å². The number of likely N-dealkylation sites (N-methyl/N-ethyl adjacent to an activating group) is 1. The van der Waals surface area contributed by atoms with Gasteiger partial charge in [0.25, 0.3) is 11.8 Å². The number of thiophene rings is 1. The van der Waals surface area contributed by atoms with Crippen molar-refractivity contribution in [3.8, 4) is 0 Å². The Morgan fingerprint density at radius 2 is 2.10 bits per heavy atom. The van der Waals surface area contributed by atoms with E-state index in [-0.39, 0.29) is 30.0 Å². The Morgan fingerprint density at radius 1 is 1.31 bits per heavy atom. The number of hydrogen-bond donors (Lipinski definition) is 1. The van der Waals surface area contributed by atoms with Crippen LogP contribution in [0.4, 0.5) is 0 Å². The summed E-state index contributed by atoms with van der Waals surface area (Å²) in [6.07, 6.45) is 0.598. The molecule has 2 aliphatic heterocycles. The van der Waals surface area contributed by atoms with Crippen molar-refractivity contribution in [2.45, 2.75) is 31.5 Å². The number of carbonyl (C=O) groups is 2. The SMILES string of the molecule is CO[C@H]1CN(C(=O)c2nc3c(s2)C(C)N(C)CC3)CC1NC(=O)c1ccc(Cl)s1. The number of amides is 2. The lowest BCUT2D eigenvalue weighted by Crippen LogP contribution is -2.43. The maximum atomic E-state index is 13.1. The van der Waals surface area contributed by atoms with E-state index in [1.54, 1.807) is 24.1 Å². The van der Waals surface area contributed by atoms with Gasteiger partial charge in [-0.05, 0) is 26.1 Å². The van der Waals surface area contributed by atoms with Crippen LogP contribution in [0.2, 0.25) is 4.34 Å². The van der Waals surface area contributed by atoms with E-state index >= 15 is 0 Å². The molecule has 7 nitrogen and oxygen atoms in total. The van der Waals surface area contributed by atoms with Crippen LogP contribution in [0.25, 0.3) is 0 Å². The summed E-state index contributed by atoms with van der Waals surface area (Å²) >= 11 is 8.63. The quantitative estimate of drug-likeness (QED) is 0.768. The van der Waals surface area contributed by atoms with Crippen LogP contribution in [0, 0.1) is 0 Å². The summed E-state index contributed by atoms with van der Waals surface area (Å²) in [4.78, 5) is 35.9. The molecule has 156 valence electrons. The number of rotatable bonds is 4. The lowest BCUT2D eigenvalue weighted by atomic mass is 10.1. The van der Waals surface area contributed by atoms with Gasteiger partial charge in [0.2, 0.25) is 0 Å². The average Bonchev–Trinajstić information content (AvgIpc) is 3.42. The number of fused-ring (bicyclic) bond motifs is 1. The predicted molar refractivity (Wildman–Crippen MR) is 114 cm³/mol. The molecule has 4 rings (SSSR count). The third-order valence-electron chi connectivity index (χ3n) is 5.62. The Kier molecular flexibility index (Phi) is 5.94. The van der Waals surface area contributed by atoms with Crippen molar-refractivity contribution in [1.29, 1.82) is 0 Å². The minimum atomic E-state index is -0.281. The predicted octanol–water partition coefficient (Wildman–Crippen LogP) is 2.68. The van der Waals surface area contributed by atoms with Crippen LogP contribution in [0.15, 0.2) is 12.1 Å². The molecule has 0 bridgehead atoms. The summed E-state index contributed by atoms with van der Waals surface area (Å²) in [5.74, 6) is -0.304. The molecule has 0 radical (unpaired) electrons. The molecule has 2 aliphatic rings. The maximum absolute atomic E-state index is 13.1. The van der Waals surface area contributed by atoms with E-state index in [0.29, 0.717) is 27.3 Å². The highest BCUT2D eigenvalue weighted by atomic mass is 35.5. The number of likely N-dealkylation sites (tertiary alicyclic amines) is 1. The fourth-order valence-corrected chi connectivity index (χ4v) is 5.91. The molecule has 0 aliphatic carbocycles. The number of nitrogens with zero attached hydrogens (tertiary/aromatic N) is 3. The maximum Gasteiger partial charge on any atom is 0.283 e. The number of hydrogen-bond acceptors (Lipinski definition) is 7. The third-order valence-corrected chi connectivity index (χ3v) is 8.11. The smallest absolute Gasteiger partial charge is 0.283 e. The molecule has 2 unspecified atom stereocenters. The second kappa shape index (κ2) is 8.31. The third kappa shape index (κ3) is 4.06. The summed E-state index contributed by atoms with van der Waals surface area (Å²) in [5.41, 5.74) is 1.03. The monoisotopic (exact) mass is 454 g/mol. The molecule has 1 N–H and O–H groups in total. The van der Waals surface area contributed by atoms with E-state index in [4.69, 9.17) is 16.3 Å². The van der Waals surface area contributed by atoms with Crippen molar-refractivity contribution in [1.82, 2.24) is 20.1 Å². The van der Waals surface area contributed by atoms with Crippen LogP contribution < -0.4 is 5.32 Å². The highest BCUT2D eigenvalue weighted by Crippen LogP contribution is 2.33. The minimum Gasteiger partial charge on any atom is -0.377 e. The Hall–Kier alpha value is -1.52. The van der Waals surface area contributed by atoms with E-state index in [1.807, 2.05) is 0 Å². The molecular weight excluding hydrogens is 432 g/mol. The van der Waals surface area contributed by atoms with Gasteiger partial charge >= 0.3 is 0 Å². The summed E-state index contributed by atoms with van der Waals surface area (Å²) in [6.45, 7) is 3.90. The van der Waals surface area contributed by atoms with Gasteiger partial charge in [-0.25, -0.2) is 4.98 Å². The first-order valence-electron chi connectivity index (χ1n) is 9.45. The number of nitrogens with one attached hydrogen (secondary N) is 1. The molecule has 29 heavy (non-hydrogen) atoms. The van der Waals surface area contributed by atoms with Crippen LogP contribution in [0.1, 0.15) is 43.0 Å². The first-order chi connectivity index (χ1) is 13.9. The molecule has 0 spiro atoms. The number of ether oxygens (including phenoxy) is 1. The van der Waals surface area contributed by atoms with Gasteiger partial charge < -0.3 is 15.0 Å². The van der Waals surface area contributed by atoms with Crippen molar-refractivity contribution in [2.24, 2.45) is 0 Å². The second-order valence-electron chi connectivity index (χ2n) is 7.40. The Morgan fingerprint density at radius 3 is 2.79 bits per heavy atom. The summed E-state index contributed by atoms with van der Waals surface area (Å²) in [7, 11) is 3.69. The van der Waals surface area contributed by atoms with E-state index in [9.17, 15) is 9.59 Å². The molecule has 2 aromatic heterocycles. The van der Waals surface area contributed by atoms with Gasteiger partial charge in [-0.15, -0.1) is 22.7 Å². The minimum absolute atomic E-state index is 0.0998. The van der Waals surface area contributed by atoms with Crippen LogP contribution in [0.5, 0.6) is 0 Å². The van der Waals surface area contributed by atoms with Crippen molar-refractivity contribution in [3.05, 3.63) is 36.9 Å². The lowest BCUT2D eigenvalue weighted by Gasteiger charge is -2.28. The van der Waals surface area contributed by atoms with Crippen molar-refractivity contribution < 1.29 is 14.3 Å². The molecule has 2 aromatic rings. The van der Waals surface area contributed by atoms with Gasteiger partial charge in [0.05, 0.1) is 27.1 Å². The van der Waals surface area contributed by atoms with Crippen LogP contribution in [0.3, 0.4) is 0 Å². The molecule has 3 atom stereocenters. The van der Waals surface area contributed by atoms with Gasteiger partial charge in [0.1, 0.15) is 0 Å². The van der Waals surface area contributed by atoms with Crippen molar-refractivity contribution >= 4 is 46.1 Å². The summed E-state index contributed by atoms with van der Waals surface area (Å²) in [5, 5.41) is 3.50. The standard InChI is InChI=1S/C19H23ClN4O3S2/c1-10-16-11(6-7-23(10)2)22-18(29-16)19(26)24-8-12(13(9-24)27-3)21-17(25)14-4-5-15(20)28-14/h4-5,10,12-13H,6-9H2,1-3H3,(H,21,25)/t10?,12?,13-/m0/s1. The number of halogens is 1. The van der Waals surface area contributed by atoms with Gasteiger partial charge in [-0.2, -0.15) is 0 Å². The zero-order valence-electron chi connectivity index (χ0n) is 16.5. The number of carbonyl (C=O) groups excluding carboxylic acids is 2. The van der Waals surface area contributed by atoms with Crippen LogP contribution in [-0.4, -0.2) is 72.5 Å². The van der Waals surface area contributed by atoms with Gasteiger partial charge in [-0.3, -0.25) is 14.5 Å². The van der Waals surface area contributed by atoms with Gasteiger partial charge in [0, 0.05) is 44.1 Å². The first kappa shape index (κ1) is 20.7. The Labute approximate surface area is 182 Å². The molecular formula is C19H23ClN4O3S2. The van der Waals surface area contributed by atoms with E-state index in [0.717, 1.165) is 18.7 Å². The lowest BCUT2D eigenvalue weighted by molar-refractivity contribution is 0.0692. The van der Waals surface area contributed by atoms with Crippen molar-refractivity contribution in [3.63, 3.8) is 0 Å². The highest BCUT2D eigenvalue weighted by Gasteiger charge is 2.38. The Balaban J connectivity index is 1.46. The largest absolute Gasteiger partial charge is 0.377 e. The number of methoxy groups -OCH3 is 1. The summed E-state index contributed by atoms with van der Waals surface area (Å²) in [6, 6.07) is 3.38. The highest BCUT2D eigenvalue weighted by molar-refractivity contribution is 7.18. The first-order valence-corrected chi connectivity index (χ1v) is 11.5. The van der Waals surface area contributed by atoms with E-state index < -0.39 is 0 Å². The number of thiazole rings is 1. The molecule has 0 aromatic carbocycles. The average molecular weight is 455 g/mol. The van der Waals surface area contributed by atoms with Gasteiger partial charge in [0.15, 0.2) is 5.01 Å². The van der Waals surface area contributed by atoms with Crippen molar-refractivity contribution in [2.75, 3.05) is 33.8 Å². The zero-order valence-corrected chi connectivity index (χ0v) is 18.9. The fraction of sp³-hybridized carbons (Fsp3) is 0.526. The fourth-order valence-electron chi connectivity index (χ4n) is 3.76.